The Hall–Kier alpha value is -0.360. The molecule has 0 saturated heterocycles. The highest BCUT2D eigenvalue weighted by atomic mass is 32.2. The van der Waals surface area contributed by atoms with Crippen LogP contribution < -0.4 is 0 Å². The van der Waals surface area contributed by atoms with Crippen LogP contribution in [0.3, 0.4) is 0 Å². The maximum atomic E-state index is 12.7. The highest BCUT2D eigenvalue weighted by Crippen LogP contribution is 2.43. The Balaban J connectivity index is 2.79. The van der Waals surface area contributed by atoms with Gasteiger partial charge >= 0.3 is 0 Å². The van der Waals surface area contributed by atoms with Crippen LogP contribution in [0.5, 0.6) is 0 Å². The van der Waals surface area contributed by atoms with E-state index in [0.717, 1.165) is 37.9 Å². The van der Waals surface area contributed by atoms with Crippen molar-refractivity contribution in [3.63, 3.8) is 0 Å². The van der Waals surface area contributed by atoms with Crippen LogP contribution in [-0.2, 0) is 10.8 Å². The Labute approximate surface area is 127 Å². The first-order valence-corrected chi connectivity index (χ1v) is 9.50. The monoisotopic (exact) mass is 297 g/mol. The molecule has 0 radical (unpaired) electrons. The first kappa shape index (κ1) is 17.7. The summed E-state index contributed by atoms with van der Waals surface area (Å²) in [6, 6.07) is 2.42. The summed E-state index contributed by atoms with van der Waals surface area (Å²) in [5.41, 5.74) is 0.305. The largest absolute Gasteiger partial charge is 0.259 e. The van der Waals surface area contributed by atoms with Crippen molar-refractivity contribution in [2.24, 2.45) is 23.2 Å². The van der Waals surface area contributed by atoms with E-state index in [0.29, 0.717) is 17.3 Å². The molecule has 5 atom stereocenters. The number of nitriles is 1. The Morgan fingerprint density at radius 1 is 1.35 bits per heavy atom. The molecule has 0 spiro atoms. The molecule has 2 nitrogen and oxygen atoms in total. The number of hydrogen-bond acceptors (Lipinski definition) is 2. The van der Waals surface area contributed by atoms with E-state index < -0.39 is 10.8 Å². The van der Waals surface area contributed by atoms with E-state index in [2.05, 4.69) is 40.7 Å². The van der Waals surface area contributed by atoms with Crippen molar-refractivity contribution in [2.75, 3.05) is 5.75 Å². The van der Waals surface area contributed by atoms with Crippen LogP contribution in [0.1, 0.15) is 66.7 Å². The predicted molar refractivity (Wildman–Crippen MR) is 86.8 cm³/mol. The Morgan fingerprint density at radius 3 is 2.50 bits per heavy atom. The lowest BCUT2D eigenvalue weighted by atomic mass is 9.67. The molecule has 1 aliphatic carbocycles. The summed E-state index contributed by atoms with van der Waals surface area (Å²) >= 11 is 0. The first-order chi connectivity index (χ1) is 9.35. The predicted octanol–water partition coefficient (Wildman–Crippen LogP) is 4.53. The molecule has 1 saturated carbocycles. The Bertz CT molecular complexity index is 372. The van der Waals surface area contributed by atoms with Gasteiger partial charge in [0.25, 0.3) is 0 Å². The summed E-state index contributed by atoms with van der Waals surface area (Å²) in [6.07, 6.45) is 5.25. The summed E-state index contributed by atoms with van der Waals surface area (Å²) in [6.45, 7) is 11.2. The zero-order valence-corrected chi connectivity index (χ0v) is 14.6. The highest BCUT2D eigenvalue weighted by Gasteiger charge is 2.39. The maximum Gasteiger partial charge on any atom is 0.0668 e. The van der Waals surface area contributed by atoms with Gasteiger partial charge in [0.15, 0.2) is 0 Å². The molecule has 0 amide bonds. The molecule has 20 heavy (non-hydrogen) atoms. The second-order valence-corrected chi connectivity index (χ2v) is 8.89. The zero-order valence-electron chi connectivity index (χ0n) is 13.8. The standard InChI is InChI=1S/C17H31NOS/c1-6-13(3)12-20(19)16-10-15(17(4,5)7-2)9-8-14(16)11-18/h13-16H,6-10,12H2,1-5H3. The van der Waals surface area contributed by atoms with Crippen molar-refractivity contribution in [1.29, 1.82) is 5.26 Å². The minimum atomic E-state index is -0.846. The highest BCUT2D eigenvalue weighted by molar-refractivity contribution is 7.85. The normalized spacial score (nSPS) is 30.5. The van der Waals surface area contributed by atoms with Crippen molar-refractivity contribution >= 4 is 10.8 Å². The topological polar surface area (TPSA) is 40.9 Å². The fourth-order valence-corrected chi connectivity index (χ4v) is 5.14. The second-order valence-electron chi connectivity index (χ2n) is 7.19. The second kappa shape index (κ2) is 7.59. The third kappa shape index (κ3) is 4.32. The van der Waals surface area contributed by atoms with Gasteiger partial charge in [-0.15, -0.1) is 0 Å². The van der Waals surface area contributed by atoms with Crippen LogP contribution in [0, 0.1) is 34.5 Å². The fourth-order valence-electron chi connectivity index (χ4n) is 3.09. The smallest absolute Gasteiger partial charge is 0.0668 e. The number of hydrogen-bond donors (Lipinski definition) is 0. The SMILES string of the molecule is CCC(C)CS(=O)C1CC(C(C)(C)CC)CCC1C#N. The molecule has 0 aromatic heterocycles. The van der Waals surface area contributed by atoms with Crippen molar-refractivity contribution < 1.29 is 4.21 Å². The zero-order chi connectivity index (χ0) is 15.3. The van der Waals surface area contributed by atoms with Crippen molar-refractivity contribution in [2.45, 2.75) is 72.0 Å². The Kier molecular flexibility index (Phi) is 6.72. The lowest BCUT2D eigenvalue weighted by Crippen LogP contribution is -2.39. The van der Waals surface area contributed by atoms with E-state index in [-0.39, 0.29) is 11.2 Å². The van der Waals surface area contributed by atoms with E-state index in [1.807, 2.05) is 0 Å². The molecule has 0 aliphatic heterocycles. The van der Waals surface area contributed by atoms with Crippen LogP contribution in [0.2, 0.25) is 0 Å². The Morgan fingerprint density at radius 2 is 2.00 bits per heavy atom. The average molecular weight is 298 g/mol. The van der Waals surface area contributed by atoms with Gasteiger partial charge in [-0.25, -0.2) is 0 Å². The van der Waals surface area contributed by atoms with Crippen LogP contribution in [0.25, 0.3) is 0 Å². The molecule has 1 aliphatic rings. The summed E-state index contributed by atoms with van der Waals surface area (Å²) in [7, 11) is -0.846. The van der Waals surface area contributed by atoms with Gasteiger partial charge in [-0.2, -0.15) is 5.26 Å². The molecule has 1 rings (SSSR count). The minimum absolute atomic E-state index is 0.00351. The van der Waals surface area contributed by atoms with Gasteiger partial charge in [0.05, 0.1) is 17.2 Å². The van der Waals surface area contributed by atoms with Crippen LogP contribution in [0.15, 0.2) is 0 Å². The van der Waals surface area contributed by atoms with Crippen LogP contribution in [-0.4, -0.2) is 15.2 Å². The average Bonchev–Trinajstić information content (AvgIpc) is 2.46. The quantitative estimate of drug-likeness (QED) is 0.723. The van der Waals surface area contributed by atoms with E-state index >= 15 is 0 Å². The molecule has 1 fully saturated rings. The van der Waals surface area contributed by atoms with Crippen molar-refractivity contribution in [1.82, 2.24) is 0 Å². The molecule has 0 aromatic rings. The molecule has 116 valence electrons. The fraction of sp³-hybridized carbons (Fsp3) is 0.941. The molecule has 0 aromatic carbocycles. The van der Waals surface area contributed by atoms with Gasteiger partial charge in [0.2, 0.25) is 0 Å². The van der Waals surface area contributed by atoms with Crippen LogP contribution >= 0.6 is 0 Å². The van der Waals surface area contributed by atoms with Gasteiger partial charge in [0.1, 0.15) is 0 Å². The summed E-state index contributed by atoms with van der Waals surface area (Å²) in [5, 5.41) is 9.46. The molecular weight excluding hydrogens is 266 g/mol. The molecule has 0 bridgehead atoms. The van der Waals surface area contributed by atoms with E-state index in [4.69, 9.17) is 0 Å². The van der Waals surface area contributed by atoms with Gasteiger partial charge in [-0.05, 0) is 36.5 Å². The first-order valence-electron chi connectivity index (χ1n) is 8.12. The molecule has 3 heteroatoms. The third-order valence-electron chi connectivity index (χ3n) is 5.46. The van der Waals surface area contributed by atoms with Crippen molar-refractivity contribution in [3.05, 3.63) is 0 Å². The summed E-state index contributed by atoms with van der Waals surface area (Å²) in [4.78, 5) is 0. The van der Waals surface area contributed by atoms with E-state index in [9.17, 15) is 9.47 Å². The molecule has 0 N–H and O–H groups in total. The lowest BCUT2D eigenvalue weighted by molar-refractivity contribution is 0.143. The van der Waals surface area contributed by atoms with Crippen LogP contribution in [0.4, 0.5) is 0 Å². The summed E-state index contributed by atoms with van der Waals surface area (Å²) in [5.74, 6) is 1.88. The van der Waals surface area contributed by atoms with E-state index in [1.54, 1.807) is 0 Å². The van der Waals surface area contributed by atoms with Gasteiger partial charge in [-0.3, -0.25) is 4.21 Å². The van der Waals surface area contributed by atoms with Crippen molar-refractivity contribution in [3.8, 4) is 6.07 Å². The lowest BCUT2D eigenvalue weighted by Gasteiger charge is -2.41. The maximum absolute atomic E-state index is 12.7. The number of nitrogens with zero attached hydrogens (tertiary/aromatic N) is 1. The van der Waals surface area contributed by atoms with Gasteiger partial charge in [-0.1, -0.05) is 47.5 Å². The third-order valence-corrected chi connectivity index (χ3v) is 7.55. The minimum Gasteiger partial charge on any atom is -0.259 e. The molecule has 0 heterocycles. The van der Waals surface area contributed by atoms with Gasteiger partial charge < -0.3 is 0 Å². The molecule has 5 unspecified atom stereocenters. The number of rotatable bonds is 6. The summed E-state index contributed by atoms with van der Waals surface area (Å²) < 4.78 is 12.7. The van der Waals surface area contributed by atoms with E-state index in [1.165, 1.54) is 0 Å². The van der Waals surface area contributed by atoms with Gasteiger partial charge in [0, 0.05) is 16.6 Å². The molecular formula is C17H31NOS.